The van der Waals surface area contributed by atoms with Crippen molar-refractivity contribution >= 4 is 76.6 Å². The van der Waals surface area contributed by atoms with Gasteiger partial charge in [-0.1, -0.05) is 166 Å². The number of fused-ring (bicyclic) bond motifs is 14. The van der Waals surface area contributed by atoms with E-state index in [4.69, 9.17) is 9.98 Å². The van der Waals surface area contributed by atoms with Crippen LogP contribution in [-0.4, -0.2) is 16.2 Å². The van der Waals surface area contributed by atoms with E-state index in [1.807, 2.05) is 6.07 Å². The summed E-state index contributed by atoms with van der Waals surface area (Å²) < 4.78 is 2.45. The van der Waals surface area contributed by atoms with Crippen molar-refractivity contribution in [3.63, 3.8) is 0 Å². The van der Waals surface area contributed by atoms with Crippen LogP contribution in [0.4, 0.5) is 0 Å². The summed E-state index contributed by atoms with van der Waals surface area (Å²) in [5.74, 6) is 1.52. The third-order valence-electron chi connectivity index (χ3n) is 13.6. The molecule has 0 bridgehead atoms. The van der Waals surface area contributed by atoms with Crippen molar-refractivity contribution < 1.29 is 0 Å². The van der Waals surface area contributed by atoms with E-state index in [0.29, 0.717) is 0 Å². The number of aliphatic imine (C=N–C) groups is 2. The summed E-state index contributed by atoms with van der Waals surface area (Å²) in [6.45, 7) is 4.66. The summed E-state index contributed by atoms with van der Waals surface area (Å²) in [7, 11) is 0. The lowest BCUT2D eigenvalue weighted by Crippen LogP contribution is -2.33. The van der Waals surface area contributed by atoms with Crippen LogP contribution in [0.15, 0.2) is 204 Å². The first-order valence-electron chi connectivity index (χ1n) is 21.5. The Labute approximate surface area is 359 Å². The lowest BCUT2D eigenvalue weighted by molar-refractivity contribution is 0.645. The van der Waals surface area contributed by atoms with Crippen LogP contribution < -0.4 is 5.32 Å². The minimum Gasteiger partial charge on any atom is -0.344 e. The number of benzene rings is 10. The molecule has 4 nitrogen and oxygen atoms in total. The standard InChI is InChI=1S/C58H40N4/c1-58(2)50-23-13-12-22-45(50)46-30-26-38(32-51(46)58)57-60-55(36-15-4-3-5-16-36)59-56(61-57)37-24-28-39(29-25-37)62-52-31-27-35-14-6-7-17-40(35)54(52)49-33-47-43-20-10-8-18-41(43)42-19-9-11-21-44(42)48(47)34-53(49)62/h3-34,57H,1-2H3,(H,59,60,61). The molecule has 292 valence electrons. The van der Waals surface area contributed by atoms with Gasteiger partial charge in [-0.25, -0.2) is 9.98 Å². The molecule has 4 heteroatoms. The van der Waals surface area contributed by atoms with Crippen molar-refractivity contribution in [3.8, 4) is 16.8 Å². The molecule has 0 saturated heterocycles. The number of nitrogens with one attached hydrogen (secondary N) is 1. The molecule has 11 aromatic rings. The lowest BCUT2D eigenvalue weighted by atomic mass is 9.82. The van der Waals surface area contributed by atoms with Crippen molar-refractivity contribution in [2.45, 2.75) is 25.4 Å². The van der Waals surface area contributed by atoms with E-state index >= 15 is 0 Å². The van der Waals surface area contributed by atoms with Gasteiger partial charge < -0.3 is 9.88 Å². The summed E-state index contributed by atoms with van der Waals surface area (Å²) in [6.07, 6.45) is -0.313. The summed E-state index contributed by atoms with van der Waals surface area (Å²) in [4.78, 5) is 10.4. The molecule has 1 aliphatic carbocycles. The van der Waals surface area contributed by atoms with Crippen molar-refractivity contribution in [1.29, 1.82) is 0 Å². The average molecular weight is 793 g/mol. The number of rotatable bonds is 4. The van der Waals surface area contributed by atoms with Gasteiger partial charge in [0.05, 0.1) is 11.0 Å². The Morgan fingerprint density at radius 3 is 1.85 bits per heavy atom. The summed E-state index contributed by atoms with van der Waals surface area (Å²) >= 11 is 0. The Hall–Kier alpha value is -7.82. The summed E-state index contributed by atoms with van der Waals surface area (Å²) in [5, 5.41) is 16.4. The molecule has 10 aromatic carbocycles. The molecule has 62 heavy (non-hydrogen) atoms. The zero-order valence-corrected chi connectivity index (χ0v) is 34.4. The minimum atomic E-state index is -0.313. The number of nitrogens with zero attached hydrogens (tertiary/aromatic N) is 3. The third-order valence-corrected chi connectivity index (χ3v) is 13.6. The zero-order chi connectivity index (χ0) is 41.1. The fourth-order valence-electron chi connectivity index (χ4n) is 10.6. The van der Waals surface area contributed by atoms with Crippen LogP contribution in [0.25, 0.3) is 81.7 Å². The van der Waals surface area contributed by atoms with E-state index in [9.17, 15) is 0 Å². The lowest BCUT2D eigenvalue weighted by Gasteiger charge is -2.26. The Kier molecular flexibility index (Phi) is 7.39. The Morgan fingerprint density at radius 2 is 1.10 bits per heavy atom. The first-order chi connectivity index (χ1) is 30.5. The highest BCUT2D eigenvalue weighted by molar-refractivity contribution is 6.30. The monoisotopic (exact) mass is 792 g/mol. The van der Waals surface area contributed by atoms with Gasteiger partial charge in [-0.15, -0.1) is 0 Å². The molecule has 0 radical (unpaired) electrons. The second-order valence-electron chi connectivity index (χ2n) is 17.4. The van der Waals surface area contributed by atoms with E-state index in [1.54, 1.807) is 0 Å². The number of hydrogen-bond donors (Lipinski definition) is 1. The molecular weight excluding hydrogens is 753 g/mol. The highest BCUT2D eigenvalue weighted by Crippen LogP contribution is 2.49. The van der Waals surface area contributed by atoms with Gasteiger partial charge >= 0.3 is 0 Å². The molecule has 1 aromatic heterocycles. The van der Waals surface area contributed by atoms with Crippen LogP contribution in [0.3, 0.4) is 0 Å². The third kappa shape index (κ3) is 5.07. The Bertz CT molecular complexity index is 3740. The molecule has 1 atom stereocenters. The fourth-order valence-corrected chi connectivity index (χ4v) is 10.6. The molecule has 1 N–H and O–H groups in total. The smallest absolute Gasteiger partial charge is 0.159 e. The van der Waals surface area contributed by atoms with Crippen molar-refractivity contribution in [2.24, 2.45) is 9.98 Å². The van der Waals surface area contributed by atoms with Crippen molar-refractivity contribution in [2.75, 3.05) is 0 Å². The maximum Gasteiger partial charge on any atom is 0.159 e. The SMILES string of the molecule is CC1(C)c2ccccc2-c2ccc(C3N=C(c4ccccc4)N=C(c4ccc(-n5c6cc7c8ccccc8c8ccccc8c7cc6c6c7ccccc7ccc65)cc4)N3)cc21. The predicted molar refractivity (Wildman–Crippen MR) is 260 cm³/mol. The maximum absolute atomic E-state index is 5.25. The molecule has 0 saturated carbocycles. The van der Waals surface area contributed by atoms with Crippen molar-refractivity contribution in [1.82, 2.24) is 9.88 Å². The quantitative estimate of drug-likeness (QED) is 0.177. The zero-order valence-electron chi connectivity index (χ0n) is 34.4. The van der Waals surface area contributed by atoms with Crippen LogP contribution in [0.2, 0.25) is 0 Å². The Balaban J connectivity index is 0.967. The number of hydrogen-bond acceptors (Lipinski definition) is 3. The van der Waals surface area contributed by atoms with Gasteiger partial charge in [0, 0.05) is 33.0 Å². The molecule has 1 unspecified atom stereocenters. The first kappa shape index (κ1) is 35.0. The van der Waals surface area contributed by atoms with Crippen LogP contribution >= 0.6 is 0 Å². The predicted octanol–water partition coefficient (Wildman–Crippen LogP) is 14.2. The van der Waals surface area contributed by atoms with E-state index in [1.165, 1.54) is 87.1 Å². The molecular formula is C58H40N4. The second-order valence-corrected chi connectivity index (χ2v) is 17.4. The molecule has 2 aliphatic rings. The second kappa shape index (κ2) is 13.1. The molecule has 1 aliphatic heterocycles. The van der Waals surface area contributed by atoms with Crippen LogP contribution in [-0.2, 0) is 5.41 Å². The molecule has 0 spiro atoms. The van der Waals surface area contributed by atoms with Gasteiger partial charge in [-0.3, -0.25) is 0 Å². The van der Waals surface area contributed by atoms with Gasteiger partial charge in [0.2, 0.25) is 0 Å². The molecule has 2 heterocycles. The first-order valence-corrected chi connectivity index (χ1v) is 21.5. The van der Waals surface area contributed by atoms with E-state index in [2.05, 4.69) is 212 Å². The molecule has 0 amide bonds. The van der Waals surface area contributed by atoms with Gasteiger partial charge in [0.1, 0.15) is 12.0 Å². The number of aromatic nitrogens is 1. The average Bonchev–Trinajstić information content (AvgIpc) is 3.78. The highest BCUT2D eigenvalue weighted by Gasteiger charge is 2.36. The van der Waals surface area contributed by atoms with Gasteiger partial charge in [-0.05, 0) is 113 Å². The fraction of sp³-hybridized carbons (Fsp3) is 0.0690. The molecule has 0 fully saturated rings. The van der Waals surface area contributed by atoms with Crippen molar-refractivity contribution in [3.05, 3.63) is 222 Å². The topological polar surface area (TPSA) is 41.7 Å². The van der Waals surface area contributed by atoms with Gasteiger partial charge in [0.15, 0.2) is 5.84 Å². The highest BCUT2D eigenvalue weighted by atomic mass is 15.2. The van der Waals surface area contributed by atoms with Gasteiger partial charge in [0.25, 0.3) is 0 Å². The summed E-state index contributed by atoms with van der Waals surface area (Å²) in [5.41, 5.74) is 11.8. The van der Waals surface area contributed by atoms with E-state index in [-0.39, 0.29) is 11.6 Å². The van der Waals surface area contributed by atoms with Crippen LogP contribution in [0.1, 0.15) is 47.8 Å². The Morgan fingerprint density at radius 1 is 0.468 bits per heavy atom. The van der Waals surface area contributed by atoms with Gasteiger partial charge in [-0.2, -0.15) is 0 Å². The number of amidine groups is 2. The van der Waals surface area contributed by atoms with Crippen LogP contribution in [0.5, 0.6) is 0 Å². The van der Waals surface area contributed by atoms with E-state index < -0.39 is 0 Å². The largest absolute Gasteiger partial charge is 0.344 e. The molecule has 13 rings (SSSR count). The van der Waals surface area contributed by atoms with Crippen LogP contribution in [0, 0.1) is 0 Å². The minimum absolute atomic E-state index is 0.110. The maximum atomic E-state index is 5.25. The normalized spacial score (nSPS) is 15.5. The van der Waals surface area contributed by atoms with E-state index in [0.717, 1.165) is 34.0 Å². The summed E-state index contributed by atoms with van der Waals surface area (Å²) in [6, 6.07) is 70.8.